The molecule has 0 spiro atoms. The van der Waals surface area contributed by atoms with Crippen molar-refractivity contribution in [2.75, 3.05) is 19.4 Å². The molecule has 2 rings (SSSR count). The lowest BCUT2D eigenvalue weighted by Gasteiger charge is -2.27. The van der Waals surface area contributed by atoms with Crippen LogP contribution in [0.2, 0.25) is 0 Å². The van der Waals surface area contributed by atoms with E-state index in [1.165, 1.54) is 11.8 Å². The van der Waals surface area contributed by atoms with Crippen LogP contribution in [0, 0.1) is 0 Å². The summed E-state index contributed by atoms with van der Waals surface area (Å²) in [6, 6.07) is 8.06. The van der Waals surface area contributed by atoms with Gasteiger partial charge >= 0.3 is 5.97 Å². The molecule has 21 heavy (non-hydrogen) atoms. The van der Waals surface area contributed by atoms with Crippen molar-refractivity contribution in [3.8, 4) is 0 Å². The summed E-state index contributed by atoms with van der Waals surface area (Å²) in [5, 5.41) is 3.28. The minimum Gasteiger partial charge on any atom is -0.468 e. The highest BCUT2D eigenvalue weighted by molar-refractivity contribution is 8.01. The Hall–Kier alpha value is -1.11. The zero-order chi connectivity index (χ0) is 15.3. The first kappa shape index (κ1) is 16.3. The second kappa shape index (κ2) is 7.24. The molecule has 1 heterocycles. The fourth-order valence-corrected chi connectivity index (χ4v) is 4.10. The van der Waals surface area contributed by atoms with E-state index in [0.717, 1.165) is 22.8 Å². The van der Waals surface area contributed by atoms with Gasteiger partial charge in [-0.25, -0.2) is 4.98 Å². The van der Waals surface area contributed by atoms with Crippen molar-refractivity contribution in [2.45, 2.75) is 30.1 Å². The van der Waals surface area contributed by atoms with E-state index in [9.17, 15) is 4.79 Å². The number of carbonyl (C=O) groups is 1. The number of nitrogens with one attached hydrogen (secondary N) is 1. The lowest BCUT2D eigenvalue weighted by Crippen LogP contribution is -2.52. The highest BCUT2D eigenvalue weighted by Gasteiger charge is 2.34. The van der Waals surface area contributed by atoms with Crippen molar-refractivity contribution in [3.63, 3.8) is 0 Å². The molecule has 1 N–H and O–H groups in total. The van der Waals surface area contributed by atoms with E-state index in [1.807, 2.05) is 25.1 Å². The normalized spacial score (nSPS) is 14.0. The van der Waals surface area contributed by atoms with Crippen LogP contribution in [-0.2, 0) is 9.53 Å². The number of ether oxygens (including phenoxy) is 1. The number of carbonyl (C=O) groups excluding carboxylic acids is 1. The molecule has 1 aromatic carbocycles. The van der Waals surface area contributed by atoms with Gasteiger partial charge in [-0.05, 0) is 32.0 Å². The largest absolute Gasteiger partial charge is 0.468 e. The first-order chi connectivity index (χ1) is 10.1. The zero-order valence-corrected chi connectivity index (χ0v) is 14.1. The van der Waals surface area contributed by atoms with Crippen LogP contribution in [-0.4, -0.2) is 35.9 Å². The van der Waals surface area contributed by atoms with Crippen LogP contribution in [0.5, 0.6) is 0 Å². The van der Waals surface area contributed by atoms with E-state index < -0.39 is 5.54 Å². The van der Waals surface area contributed by atoms with Crippen LogP contribution in [0.4, 0.5) is 0 Å². The van der Waals surface area contributed by atoms with Crippen molar-refractivity contribution in [1.29, 1.82) is 0 Å². The minimum atomic E-state index is -0.687. The summed E-state index contributed by atoms with van der Waals surface area (Å²) in [5.74, 6) is 0.365. The van der Waals surface area contributed by atoms with Crippen molar-refractivity contribution in [2.24, 2.45) is 0 Å². The van der Waals surface area contributed by atoms with E-state index in [4.69, 9.17) is 4.74 Å². The molecule has 0 aliphatic heterocycles. The second-order valence-electron chi connectivity index (χ2n) is 4.99. The maximum Gasteiger partial charge on any atom is 0.326 e. The topological polar surface area (TPSA) is 51.2 Å². The number of hydrogen-bond acceptors (Lipinski definition) is 6. The summed E-state index contributed by atoms with van der Waals surface area (Å²) in [7, 11) is 1.43. The average Bonchev–Trinajstić information content (AvgIpc) is 2.93. The number of aromatic nitrogens is 1. The molecule has 0 radical (unpaired) electrons. The number of thiazole rings is 1. The van der Waals surface area contributed by atoms with Crippen molar-refractivity contribution in [1.82, 2.24) is 10.3 Å². The number of benzene rings is 1. The Morgan fingerprint density at radius 3 is 2.90 bits per heavy atom. The van der Waals surface area contributed by atoms with Gasteiger partial charge in [0.1, 0.15) is 5.54 Å². The van der Waals surface area contributed by atoms with Crippen LogP contribution in [0.3, 0.4) is 0 Å². The van der Waals surface area contributed by atoms with Gasteiger partial charge in [-0.1, -0.05) is 30.8 Å². The molecular weight excluding hydrogens is 304 g/mol. The van der Waals surface area contributed by atoms with Crippen LogP contribution in [0.1, 0.15) is 20.3 Å². The third-order valence-electron chi connectivity index (χ3n) is 3.16. The number of rotatable bonds is 7. The summed E-state index contributed by atoms with van der Waals surface area (Å²) in [5.41, 5.74) is 0.319. The van der Waals surface area contributed by atoms with Gasteiger partial charge in [-0.15, -0.1) is 11.3 Å². The van der Waals surface area contributed by atoms with E-state index in [0.29, 0.717) is 5.75 Å². The molecule has 1 atom stereocenters. The molecule has 0 saturated heterocycles. The number of esters is 1. The number of thioether (sulfide) groups is 1. The van der Waals surface area contributed by atoms with Crippen molar-refractivity contribution in [3.05, 3.63) is 24.3 Å². The molecule has 114 valence electrons. The summed E-state index contributed by atoms with van der Waals surface area (Å²) in [6.07, 6.45) is 0.971. The predicted molar refractivity (Wildman–Crippen MR) is 89.1 cm³/mol. The Bertz CT molecular complexity index is 581. The maximum atomic E-state index is 12.0. The van der Waals surface area contributed by atoms with E-state index >= 15 is 0 Å². The maximum absolute atomic E-state index is 12.0. The minimum absolute atomic E-state index is 0.232. The quantitative estimate of drug-likeness (QED) is 0.625. The monoisotopic (exact) mass is 324 g/mol. The van der Waals surface area contributed by atoms with E-state index in [1.54, 1.807) is 23.1 Å². The number of methoxy groups -OCH3 is 1. The Kier molecular flexibility index (Phi) is 5.61. The molecule has 0 saturated carbocycles. The predicted octanol–water partition coefficient (Wildman–Crippen LogP) is 3.32. The highest BCUT2D eigenvalue weighted by Crippen LogP contribution is 2.31. The molecule has 1 aromatic heterocycles. The smallest absolute Gasteiger partial charge is 0.326 e. The van der Waals surface area contributed by atoms with Gasteiger partial charge in [0.15, 0.2) is 4.34 Å². The fraction of sp³-hybridized carbons (Fsp3) is 0.467. The lowest BCUT2D eigenvalue weighted by atomic mass is 10.1. The van der Waals surface area contributed by atoms with Gasteiger partial charge in [0.25, 0.3) is 0 Å². The number of nitrogens with zero attached hydrogens (tertiary/aromatic N) is 1. The van der Waals surface area contributed by atoms with Crippen molar-refractivity contribution < 1.29 is 9.53 Å². The van der Waals surface area contributed by atoms with Crippen LogP contribution in [0.25, 0.3) is 10.2 Å². The molecule has 0 bridgehead atoms. The molecule has 0 amide bonds. The third-order valence-corrected chi connectivity index (χ3v) is 5.65. The highest BCUT2D eigenvalue weighted by atomic mass is 32.2. The Balaban J connectivity index is 2.08. The summed E-state index contributed by atoms with van der Waals surface area (Å²) in [4.78, 5) is 16.6. The SMILES string of the molecule is CCCNC(C)(CSc1nc2ccccc2s1)C(=O)OC. The van der Waals surface area contributed by atoms with Gasteiger partial charge < -0.3 is 10.1 Å². The summed E-state index contributed by atoms with van der Waals surface area (Å²) in [6.45, 7) is 4.74. The van der Waals surface area contributed by atoms with E-state index in [-0.39, 0.29) is 5.97 Å². The summed E-state index contributed by atoms with van der Waals surface area (Å²) >= 11 is 3.24. The lowest BCUT2D eigenvalue weighted by molar-refractivity contribution is -0.146. The third kappa shape index (κ3) is 3.96. The van der Waals surface area contributed by atoms with Gasteiger partial charge in [0.05, 0.1) is 17.3 Å². The summed E-state index contributed by atoms with van der Waals surface area (Å²) < 4.78 is 7.07. The molecule has 0 aliphatic carbocycles. The van der Waals surface area contributed by atoms with Gasteiger partial charge in [-0.3, -0.25) is 4.79 Å². The van der Waals surface area contributed by atoms with Crippen LogP contribution in [0.15, 0.2) is 28.6 Å². The second-order valence-corrected chi connectivity index (χ2v) is 7.24. The number of hydrogen-bond donors (Lipinski definition) is 1. The molecule has 4 nitrogen and oxygen atoms in total. The molecular formula is C15H20N2O2S2. The molecule has 6 heteroatoms. The van der Waals surface area contributed by atoms with Gasteiger partial charge in [0.2, 0.25) is 0 Å². The average molecular weight is 324 g/mol. The standard InChI is InChI=1S/C15H20N2O2S2/c1-4-9-16-15(2,13(18)19-3)10-20-14-17-11-7-5-6-8-12(11)21-14/h5-8,16H,4,9-10H2,1-3H3. The molecule has 0 aliphatic rings. The van der Waals surface area contributed by atoms with Gasteiger partial charge in [-0.2, -0.15) is 0 Å². The Morgan fingerprint density at radius 1 is 1.48 bits per heavy atom. The zero-order valence-electron chi connectivity index (χ0n) is 12.5. The number of fused-ring (bicyclic) bond motifs is 1. The molecule has 0 fully saturated rings. The van der Waals surface area contributed by atoms with Crippen LogP contribution >= 0.6 is 23.1 Å². The first-order valence-corrected chi connectivity index (χ1v) is 8.71. The Morgan fingerprint density at radius 2 is 2.24 bits per heavy atom. The van der Waals surface area contributed by atoms with Crippen LogP contribution < -0.4 is 5.32 Å². The fourth-order valence-electron chi connectivity index (χ4n) is 1.93. The van der Waals surface area contributed by atoms with Gasteiger partial charge in [0, 0.05) is 5.75 Å². The van der Waals surface area contributed by atoms with Crippen molar-refractivity contribution >= 4 is 39.3 Å². The molecule has 1 unspecified atom stereocenters. The Labute approximate surface area is 133 Å². The first-order valence-electron chi connectivity index (χ1n) is 6.91. The molecule has 2 aromatic rings. The number of para-hydroxylation sites is 1. The van der Waals surface area contributed by atoms with E-state index in [2.05, 4.69) is 23.3 Å².